The number of nitrogens with zero attached hydrogens (tertiary/aromatic N) is 1. The van der Waals surface area contributed by atoms with Gasteiger partial charge in [0.1, 0.15) is 0 Å². The summed E-state index contributed by atoms with van der Waals surface area (Å²) in [6.45, 7) is 2.23. The largest absolute Gasteiger partial charge is 0.398 e. The summed E-state index contributed by atoms with van der Waals surface area (Å²) in [6.07, 6.45) is 1.61. The van der Waals surface area contributed by atoms with E-state index >= 15 is 0 Å². The molecule has 2 atom stereocenters. The number of nitriles is 1. The number of rotatable bonds is 3. The number of benzene rings is 1. The highest BCUT2D eigenvalue weighted by Crippen LogP contribution is 2.33. The fourth-order valence-electron chi connectivity index (χ4n) is 1.67. The van der Waals surface area contributed by atoms with Gasteiger partial charge in [0.05, 0.1) is 12.5 Å². The van der Waals surface area contributed by atoms with Gasteiger partial charge in [-0.3, -0.25) is 0 Å². The minimum atomic E-state index is 0.377. The highest BCUT2D eigenvalue weighted by atomic mass is 15.0. The lowest BCUT2D eigenvalue weighted by Gasteiger charge is -2.08. The molecule has 1 aliphatic rings. The number of nitrogens with two attached hydrogens (primary N) is 1. The van der Waals surface area contributed by atoms with Gasteiger partial charge in [-0.05, 0) is 36.1 Å². The summed E-state index contributed by atoms with van der Waals surface area (Å²) in [5, 5.41) is 12.1. The van der Waals surface area contributed by atoms with E-state index in [1.807, 2.05) is 18.2 Å². The Hall–Kier alpha value is -1.69. The minimum absolute atomic E-state index is 0.377. The summed E-state index contributed by atoms with van der Waals surface area (Å²) in [5.74, 6) is 0.766. The maximum absolute atomic E-state index is 8.65. The second-order valence-electron chi connectivity index (χ2n) is 4.21. The number of nitrogen functional groups attached to an aromatic ring is 1. The van der Waals surface area contributed by atoms with E-state index in [-0.39, 0.29) is 0 Å². The third-order valence-corrected chi connectivity index (χ3v) is 2.87. The third kappa shape index (κ3) is 2.21. The highest BCUT2D eigenvalue weighted by molar-refractivity contribution is 5.58. The van der Waals surface area contributed by atoms with Crippen molar-refractivity contribution in [1.29, 1.82) is 5.26 Å². The summed E-state index contributed by atoms with van der Waals surface area (Å²) in [6, 6.07) is 8.53. The topological polar surface area (TPSA) is 61.8 Å². The second-order valence-corrected chi connectivity index (χ2v) is 4.21. The zero-order valence-electron chi connectivity index (χ0n) is 8.83. The fraction of sp³-hybridized carbons (Fsp3) is 0.417. The van der Waals surface area contributed by atoms with Gasteiger partial charge in [-0.2, -0.15) is 5.26 Å². The van der Waals surface area contributed by atoms with E-state index in [0.717, 1.165) is 17.2 Å². The van der Waals surface area contributed by atoms with E-state index in [2.05, 4.69) is 18.3 Å². The van der Waals surface area contributed by atoms with Crippen LogP contribution in [0.5, 0.6) is 0 Å². The molecule has 1 aromatic rings. The number of hydrogen-bond donors (Lipinski definition) is 2. The smallest absolute Gasteiger partial charge is 0.0670 e. The first kappa shape index (κ1) is 9.85. The van der Waals surface area contributed by atoms with Crippen molar-refractivity contribution >= 4 is 11.4 Å². The molecule has 0 amide bonds. The SMILES string of the molecule is CC1CC1Nc1ccc(N)c(CC#N)c1. The quantitative estimate of drug-likeness (QED) is 0.736. The van der Waals surface area contributed by atoms with Crippen LogP contribution in [0.4, 0.5) is 11.4 Å². The molecule has 0 heterocycles. The first-order valence-electron chi connectivity index (χ1n) is 5.22. The predicted molar refractivity (Wildman–Crippen MR) is 61.4 cm³/mol. The molecule has 3 N–H and O–H groups in total. The molecule has 3 nitrogen and oxygen atoms in total. The van der Waals surface area contributed by atoms with Crippen LogP contribution in [-0.4, -0.2) is 6.04 Å². The van der Waals surface area contributed by atoms with Gasteiger partial charge in [-0.1, -0.05) is 6.92 Å². The van der Waals surface area contributed by atoms with Crippen molar-refractivity contribution < 1.29 is 0 Å². The molecule has 2 rings (SSSR count). The molecule has 1 saturated carbocycles. The van der Waals surface area contributed by atoms with Crippen LogP contribution in [0.3, 0.4) is 0 Å². The average Bonchev–Trinajstić information content (AvgIpc) is 2.88. The molecular weight excluding hydrogens is 186 g/mol. The zero-order valence-corrected chi connectivity index (χ0v) is 8.83. The van der Waals surface area contributed by atoms with Crippen molar-refractivity contribution in [2.24, 2.45) is 5.92 Å². The Labute approximate surface area is 89.9 Å². The molecule has 3 heteroatoms. The molecule has 0 aromatic heterocycles. The summed E-state index contributed by atoms with van der Waals surface area (Å²) in [5.41, 5.74) is 8.46. The van der Waals surface area contributed by atoms with Crippen LogP contribution in [0.15, 0.2) is 18.2 Å². The summed E-state index contributed by atoms with van der Waals surface area (Å²) in [4.78, 5) is 0. The van der Waals surface area contributed by atoms with Gasteiger partial charge < -0.3 is 11.1 Å². The van der Waals surface area contributed by atoms with Crippen molar-refractivity contribution in [3.8, 4) is 6.07 Å². The van der Waals surface area contributed by atoms with Gasteiger partial charge in [-0.15, -0.1) is 0 Å². The Morgan fingerprint density at radius 1 is 1.60 bits per heavy atom. The van der Waals surface area contributed by atoms with Gasteiger partial charge >= 0.3 is 0 Å². The zero-order chi connectivity index (χ0) is 10.8. The molecule has 1 fully saturated rings. The molecule has 0 spiro atoms. The fourth-order valence-corrected chi connectivity index (χ4v) is 1.67. The van der Waals surface area contributed by atoms with Gasteiger partial charge in [0.25, 0.3) is 0 Å². The number of anilines is 2. The van der Waals surface area contributed by atoms with Crippen LogP contribution in [0.25, 0.3) is 0 Å². The van der Waals surface area contributed by atoms with Crippen molar-refractivity contribution in [1.82, 2.24) is 0 Å². The van der Waals surface area contributed by atoms with Gasteiger partial charge in [0.15, 0.2) is 0 Å². The van der Waals surface area contributed by atoms with Gasteiger partial charge in [0, 0.05) is 17.4 Å². The lowest BCUT2D eigenvalue weighted by molar-refractivity contribution is 0.929. The van der Waals surface area contributed by atoms with Gasteiger partial charge in [-0.25, -0.2) is 0 Å². The molecule has 0 radical (unpaired) electrons. The van der Waals surface area contributed by atoms with Crippen LogP contribution in [-0.2, 0) is 6.42 Å². The van der Waals surface area contributed by atoms with Crippen molar-refractivity contribution in [3.63, 3.8) is 0 Å². The summed E-state index contributed by atoms with van der Waals surface area (Å²) < 4.78 is 0. The van der Waals surface area contributed by atoms with Crippen LogP contribution < -0.4 is 11.1 Å². The maximum Gasteiger partial charge on any atom is 0.0670 e. The first-order chi connectivity index (χ1) is 7.20. The van der Waals surface area contributed by atoms with E-state index in [0.29, 0.717) is 18.2 Å². The number of nitrogens with one attached hydrogen (secondary N) is 1. The molecule has 0 aliphatic heterocycles. The predicted octanol–water partition coefficient (Wildman–Crippen LogP) is 2.16. The van der Waals surface area contributed by atoms with E-state index in [4.69, 9.17) is 11.0 Å². The van der Waals surface area contributed by atoms with Gasteiger partial charge in [0.2, 0.25) is 0 Å². The standard InChI is InChI=1S/C12H15N3/c1-8-6-12(8)15-10-2-3-11(14)9(7-10)4-5-13/h2-3,7-8,12,15H,4,6,14H2,1H3. The average molecular weight is 201 g/mol. The normalized spacial score (nSPS) is 23.2. The summed E-state index contributed by atoms with van der Waals surface area (Å²) in [7, 11) is 0. The molecule has 0 saturated heterocycles. The Morgan fingerprint density at radius 2 is 2.33 bits per heavy atom. The Morgan fingerprint density at radius 3 is 2.93 bits per heavy atom. The van der Waals surface area contributed by atoms with Crippen LogP contribution in [0.1, 0.15) is 18.9 Å². The van der Waals surface area contributed by atoms with E-state index < -0.39 is 0 Å². The molecule has 0 bridgehead atoms. The van der Waals surface area contributed by atoms with E-state index in [1.165, 1.54) is 6.42 Å². The van der Waals surface area contributed by atoms with E-state index in [1.54, 1.807) is 0 Å². The molecule has 1 aromatic carbocycles. The number of hydrogen-bond acceptors (Lipinski definition) is 3. The Bertz CT molecular complexity index is 406. The molecule has 1 aliphatic carbocycles. The van der Waals surface area contributed by atoms with Crippen LogP contribution >= 0.6 is 0 Å². The molecule has 15 heavy (non-hydrogen) atoms. The minimum Gasteiger partial charge on any atom is -0.398 e. The monoisotopic (exact) mass is 201 g/mol. The molecule has 78 valence electrons. The summed E-state index contributed by atoms with van der Waals surface area (Å²) >= 11 is 0. The Kier molecular flexibility index (Phi) is 2.51. The van der Waals surface area contributed by atoms with E-state index in [9.17, 15) is 0 Å². The third-order valence-electron chi connectivity index (χ3n) is 2.87. The van der Waals surface area contributed by atoms with Crippen LogP contribution in [0, 0.1) is 17.2 Å². The van der Waals surface area contributed by atoms with Crippen LogP contribution in [0.2, 0.25) is 0 Å². The first-order valence-corrected chi connectivity index (χ1v) is 5.22. The Balaban J connectivity index is 2.12. The highest BCUT2D eigenvalue weighted by Gasteiger charge is 2.32. The maximum atomic E-state index is 8.65. The van der Waals surface area contributed by atoms with Crippen molar-refractivity contribution in [2.45, 2.75) is 25.8 Å². The lowest BCUT2D eigenvalue weighted by atomic mass is 10.1. The second kappa shape index (κ2) is 3.82. The lowest BCUT2D eigenvalue weighted by Crippen LogP contribution is -2.04. The van der Waals surface area contributed by atoms with Crippen molar-refractivity contribution in [2.75, 3.05) is 11.1 Å². The van der Waals surface area contributed by atoms with Crippen molar-refractivity contribution in [3.05, 3.63) is 23.8 Å². The molecular formula is C12H15N3. The molecule has 2 unspecified atom stereocenters.